The normalized spacial score (nSPS) is 14.2. The van der Waals surface area contributed by atoms with E-state index in [2.05, 4.69) is 10.6 Å². The first-order valence-corrected chi connectivity index (χ1v) is 5.72. The molecule has 0 heterocycles. The van der Waals surface area contributed by atoms with Crippen molar-refractivity contribution in [1.82, 2.24) is 10.6 Å². The average molecular weight is 230 g/mol. The standard InChI is InChI=1S/C11H22N2O3/c1-4-6-13-10(14)5-7-12-9(3)8(2)11(15)16/h8-9,12H,4-7H2,1-3H3,(H,13,14)(H,15,16). The van der Waals surface area contributed by atoms with Gasteiger partial charge in [-0.3, -0.25) is 9.59 Å². The van der Waals surface area contributed by atoms with Crippen LogP contribution in [0.25, 0.3) is 0 Å². The maximum absolute atomic E-state index is 11.2. The highest BCUT2D eigenvalue weighted by Gasteiger charge is 2.18. The number of rotatable bonds is 8. The van der Waals surface area contributed by atoms with E-state index in [1.165, 1.54) is 0 Å². The highest BCUT2D eigenvalue weighted by molar-refractivity contribution is 5.76. The zero-order valence-corrected chi connectivity index (χ0v) is 10.2. The molecule has 0 aromatic rings. The second-order valence-corrected chi connectivity index (χ2v) is 3.97. The van der Waals surface area contributed by atoms with Gasteiger partial charge in [0.05, 0.1) is 5.92 Å². The lowest BCUT2D eigenvalue weighted by atomic mass is 10.0. The van der Waals surface area contributed by atoms with E-state index in [1.807, 2.05) is 13.8 Å². The van der Waals surface area contributed by atoms with Gasteiger partial charge in [0.25, 0.3) is 0 Å². The molecule has 0 fully saturated rings. The summed E-state index contributed by atoms with van der Waals surface area (Å²) in [6.45, 7) is 6.66. The number of hydrogen-bond donors (Lipinski definition) is 3. The molecule has 5 heteroatoms. The van der Waals surface area contributed by atoms with Crippen molar-refractivity contribution in [2.24, 2.45) is 5.92 Å². The minimum Gasteiger partial charge on any atom is -0.481 e. The van der Waals surface area contributed by atoms with E-state index in [0.717, 1.165) is 6.42 Å². The molecule has 3 N–H and O–H groups in total. The van der Waals surface area contributed by atoms with Gasteiger partial charge in [0.1, 0.15) is 0 Å². The maximum atomic E-state index is 11.2. The zero-order chi connectivity index (χ0) is 12.6. The molecule has 1 amide bonds. The molecule has 0 aliphatic heterocycles. The van der Waals surface area contributed by atoms with Gasteiger partial charge in [0, 0.05) is 25.6 Å². The van der Waals surface area contributed by atoms with Crippen molar-refractivity contribution >= 4 is 11.9 Å². The minimum atomic E-state index is -0.824. The highest BCUT2D eigenvalue weighted by atomic mass is 16.4. The van der Waals surface area contributed by atoms with Gasteiger partial charge in [-0.05, 0) is 13.3 Å². The topological polar surface area (TPSA) is 78.4 Å². The molecule has 0 aromatic carbocycles. The molecule has 0 radical (unpaired) electrons. The quantitative estimate of drug-likeness (QED) is 0.570. The monoisotopic (exact) mass is 230 g/mol. The summed E-state index contributed by atoms with van der Waals surface area (Å²) >= 11 is 0. The Labute approximate surface area is 96.6 Å². The van der Waals surface area contributed by atoms with Crippen LogP contribution in [0, 0.1) is 5.92 Å². The van der Waals surface area contributed by atoms with Crippen molar-refractivity contribution in [2.45, 2.75) is 39.7 Å². The number of carbonyl (C=O) groups excluding carboxylic acids is 1. The van der Waals surface area contributed by atoms with Gasteiger partial charge < -0.3 is 15.7 Å². The minimum absolute atomic E-state index is 0.00419. The summed E-state index contributed by atoms with van der Waals surface area (Å²) in [6.07, 6.45) is 1.31. The van der Waals surface area contributed by atoms with Crippen LogP contribution in [-0.4, -0.2) is 36.1 Å². The van der Waals surface area contributed by atoms with Gasteiger partial charge in [0.2, 0.25) is 5.91 Å². The zero-order valence-electron chi connectivity index (χ0n) is 10.2. The third-order valence-corrected chi connectivity index (χ3v) is 2.53. The number of aliphatic carboxylic acids is 1. The number of carboxylic acids is 1. The Kier molecular flexibility index (Phi) is 7.54. The Balaban J connectivity index is 3.65. The Morgan fingerprint density at radius 1 is 1.25 bits per heavy atom. The summed E-state index contributed by atoms with van der Waals surface area (Å²) < 4.78 is 0. The lowest BCUT2D eigenvalue weighted by Gasteiger charge is -2.17. The van der Waals surface area contributed by atoms with Crippen LogP contribution < -0.4 is 10.6 Å². The number of amides is 1. The largest absolute Gasteiger partial charge is 0.481 e. The van der Waals surface area contributed by atoms with E-state index in [4.69, 9.17) is 5.11 Å². The molecule has 0 saturated heterocycles. The van der Waals surface area contributed by atoms with Gasteiger partial charge in [-0.15, -0.1) is 0 Å². The number of nitrogens with one attached hydrogen (secondary N) is 2. The third kappa shape index (κ3) is 6.40. The van der Waals surface area contributed by atoms with Crippen molar-refractivity contribution < 1.29 is 14.7 Å². The summed E-state index contributed by atoms with van der Waals surface area (Å²) in [5.74, 6) is -1.27. The molecule has 94 valence electrons. The lowest BCUT2D eigenvalue weighted by Crippen LogP contribution is -2.38. The molecule has 0 saturated carbocycles. The van der Waals surface area contributed by atoms with Gasteiger partial charge >= 0.3 is 5.97 Å². The summed E-state index contributed by atoms with van der Waals surface area (Å²) in [5.41, 5.74) is 0. The van der Waals surface area contributed by atoms with Crippen LogP contribution in [0.2, 0.25) is 0 Å². The number of carboxylic acid groups (broad SMARTS) is 1. The first-order valence-electron chi connectivity index (χ1n) is 5.72. The van der Waals surface area contributed by atoms with Crippen molar-refractivity contribution in [3.8, 4) is 0 Å². The Morgan fingerprint density at radius 3 is 2.38 bits per heavy atom. The maximum Gasteiger partial charge on any atom is 0.307 e. The van der Waals surface area contributed by atoms with Crippen molar-refractivity contribution in [1.29, 1.82) is 0 Å². The second kappa shape index (κ2) is 8.10. The fourth-order valence-corrected chi connectivity index (χ4v) is 1.16. The fourth-order valence-electron chi connectivity index (χ4n) is 1.16. The summed E-state index contributed by atoms with van der Waals surface area (Å²) in [6, 6.07) is -0.128. The molecule has 2 atom stereocenters. The molecule has 0 aromatic heterocycles. The third-order valence-electron chi connectivity index (χ3n) is 2.53. The molecular formula is C11H22N2O3. The first kappa shape index (κ1) is 14.9. The predicted molar refractivity (Wildman–Crippen MR) is 62.2 cm³/mol. The molecule has 0 rings (SSSR count). The first-order chi connectivity index (χ1) is 7.49. The van der Waals surface area contributed by atoms with Crippen LogP contribution in [0.3, 0.4) is 0 Å². The molecule has 16 heavy (non-hydrogen) atoms. The Morgan fingerprint density at radius 2 is 1.88 bits per heavy atom. The molecule has 0 aliphatic carbocycles. The van der Waals surface area contributed by atoms with E-state index < -0.39 is 11.9 Å². The van der Waals surface area contributed by atoms with E-state index in [-0.39, 0.29) is 11.9 Å². The van der Waals surface area contributed by atoms with Crippen LogP contribution in [0.4, 0.5) is 0 Å². The van der Waals surface area contributed by atoms with Gasteiger partial charge in [-0.25, -0.2) is 0 Å². The molecule has 0 bridgehead atoms. The number of hydrogen-bond acceptors (Lipinski definition) is 3. The fraction of sp³-hybridized carbons (Fsp3) is 0.818. The van der Waals surface area contributed by atoms with Crippen molar-refractivity contribution in [3.63, 3.8) is 0 Å². The average Bonchev–Trinajstić information content (AvgIpc) is 2.24. The summed E-state index contributed by atoms with van der Waals surface area (Å²) in [4.78, 5) is 21.9. The molecular weight excluding hydrogens is 208 g/mol. The Hall–Kier alpha value is -1.10. The predicted octanol–water partition coefficient (Wildman–Crippen LogP) is 0.601. The summed E-state index contributed by atoms with van der Waals surface area (Å²) in [5, 5.41) is 14.5. The SMILES string of the molecule is CCCNC(=O)CCNC(C)C(C)C(=O)O. The van der Waals surface area contributed by atoms with Crippen LogP contribution in [-0.2, 0) is 9.59 Å². The Bertz CT molecular complexity index is 231. The van der Waals surface area contributed by atoms with Crippen LogP contribution in [0.1, 0.15) is 33.6 Å². The van der Waals surface area contributed by atoms with Crippen LogP contribution >= 0.6 is 0 Å². The van der Waals surface area contributed by atoms with Crippen molar-refractivity contribution in [2.75, 3.05) is 13.1 Å². The van der Waals surface area contributed by atoms with Crippen LogP contribution in [0.5, 0.6) is 0 Å². The van der Waals surface area contributed by atoms with Crippen LogP contribution in [0.15, 0.2) is 0 Å². The van der Waals surface area contributed by atoms with E-state index >= 15 is 0 Å². The van der Waals surface area contributed by atoms with E-state index in [9.17, 15) is 9.59 Å². The molecule has 0 aliphatic rings. The van der Waals surface area contributed by atoms with Gasteiger partial charge in [0.15, 0.2) is 0 Å². The number of carbonyl (C=O) groups is 2. The second-order valence-electron chi connectivity index (χ2n) is 3.97. The van der Waals surface area contributed by atoms with Crippen molar-refractivity contribution in [3.05, 3.63) is 0 Å². The smallest absolute Gasteiger partial charge is 0.307 e. The lowest BCUT2D eigenvalue weighted by molar-refractivity contribution is -0.141. The van der Waals surface area contributed by atoms with Gasteiger partial charge in [-0.1, -0.05) is 13.8 Å². The van der Waals surface area contributed by atoms with E-state index in [1.54, 1.807) is 6.92 Å². The van der Waals surface area contributed by atoms with E-state index in [0.29, 0.717) is 19.5 Å². The summed E-state index contributed by atoms with van der Waals surface area (Å²) in [7, 11) is 0. The highest BCUT2D eigenvalue weighted by Crippen LogP contribution is 2.01. The van der Waals surface area contributed by atoms with Gasteiger partial charge in [-0.2, -0.15) is 0 Å². The molecule has 2 unspecified atom stereocenters. The molecule has 0 spiro atoms. The molecule has 5 nitrogen and oxygen atoms in total.